The molecule has 0 unspecified atom stereocenters. The van der Waals surface area contributed by atoms with Crippen molar-refractivity contribution in [3.05, 3.63) is 45.2 Å². The molecule has 16 heavy (non-hydrogen) atoms. The van der Waals surface area contributed by atoms with E-state index in [1.807, 2.05) is 6.07 Å². The van der Waals surface area contributed by atoms with Crippen LogP contribution in [0.25, 0.3) is 10.9 Å². The number of halogens is 1. The Labute approximate surface area is 97.5 Å². The van der Waals surface area contributed by atoms with Crippen LogP contribution in [0, 0.1) is 11.3 Å². The summed E-state index contributed by atoms with van der Waals surface area (Å²) in [4.78, 5) is 11.8. The zero-order valence-electron chi connectivity index (χ0n) is 8.70. The summed E-state index contributed by atoms with van der Waals surface area (Å²) in [5.74, 6) is 0. The smallest absolute Gasteiger partial charge is 0.255 e. The third kappa shape index (κ3) is 1.68. The largest absolute Gasteiger partial charge is 0.311 e. The Balaban J connectivity index is 2.84. The number of pyridine rings is 1. The molecule has 2 rings (SSSR count). The summed E-state index contributed by atoms with van der Waals surface area (Å²) in [6, 6.07) is 9.05. The van der Waals surface area contributed by atoms with Crippen LogP contribution < -0.4 is 5.56 Å². The second kappa shape index (κ2) is 3.99. The first-order valence-electron chi connectivity index (χ1n) is 4.78. The molecule has 0 atom stereocenters. The van der Waals surface area contributed by atoms with Crippen molar-refractivity contribution in [2.24, 2.45) is 7.05 Å². The summed E-state index contributed by atoms with van der Waals surface area (Å²) in [6.07, 6.45) is 0.120. The molecule has 2 aromatic rings. The van der Waals surface area contributed by atoms with Crippen LogP contribution in [-0.2, 0) is 13.5 Å². The van der Waals surface area contributed by atoms with Crippen molar-refractivity contribution in [3.8, 4) is 6.07 Å². The highest BCUT2D eigenvalue weighted by molar-refractivity contribution is 6.31. The zero-order chi connectivity index (χ0) is 11.7. The Morgan fingerprint density at radius 1 is 1.44 bits per heavy atom. The molecule has 0 aliphatic carbocycles. The first-order chi connectivity index (χ1) is 7.63. The molecule has 4 heteroatoms. The predicted octanol–water partition coefficient (Wildman–Crippen LogP) is 2.26. The zero-order valence-corrected chi connectivity index (χ0v) is 9.45. The van der Waals surface area contributed by atoms with Crippen LogP contribution in [0.15, 0.2) is 29.1 Å². The lowest BCUT2D eigenvalue weighted by atomic mass is 10.1. The van der Waals surface area contributed by atoms with Crippen molar-refractivity contribution in [1.29, 1.82) is 5.26 Å². The molecule has 0 spiro atoms. The van der Waals surface area contributed by atoms with Crippen LogP contribution in [0.1, 0.15) is 5.56 Å². The number of benzene rings is 1. The van der Waals surface area contributed by atoms with Gasteiger partial charge in [-0.25, -0.2) is 0 Å². The molecule has 0 N–H and O–H groups in total. The molecule has 0 aliphatic rings. The molecule has 0 saturated carbocycles. The first kappa shape index (κ1) is 10.7. The highest BCUT2D eigenvalue weighted by Gasteiger charge is 2.06. The summed E-state index contributed by atoms with van der Waals surface area (Å²) in [7, 11) is 1.69. The Hall–Kier alpha value is -1.79. The van der Waals surface area contributed by atoms with Crippen LogP contribution in [-0.4, -0.2) is 4.57 Å². The highest BCUT2D eigenvalue weighted by atomic mass is 35.5. The van der Waals surface area contributed by atoms with Gasteiger partial charge in [-0.15, -0.1) is 0 Å². The molecule has 0 radical (unpaired) electrons. The van der Waals surface area contributed by atoms with Crippen molar-refractivity contribution in [2.75, 3.05) is 0 Å². The van der Waals surface area contributed by atoms with Gasteiger partial charge in [-0.1, -0.05) is 11.6 Å². The lowest BCUT2D eigenvalue weighted by molar-refractivity contribution is 0.886. The van der Waals surface area contributed by atoms with E-state index in [1.165, 1.54) is 0 Å². The minimum Gasteiger partial charge on any atom is -0.311 e. The lowest BCUT2D eigenvalue weighted by Gasteiger charge is -2.07. The maximum absolute atomic E-state index is 11.8. The summed E-state index contributed by atoms with van der Waals surface area (Å²) in [6.45, 7) is 0. The number of aromatic nitrogens is 1. The Kier molecular flexibility index (Phi) is 2.67. The fraction of sp³-hybridized carbons (Fsp3) is 0.167. The summed E-state index contributed by atoms with van der Waals surface area (Å²) in [5.41, 5.74) is 1.19. The molecule has 3 nitrogen and oxygen atoms in total. The predicted molar refractivity (Wildman–Crippen MR) is 63.5 cm³/mol. The normalized spacial score (nSPS) is 10.3. The van der Waals surface area contributed by atoms with Crippen LogP contribution in [0.3, 0.4) is 0 Å². The van der Waals surface area contributed by atoms with E-state index in [0.29, 0.717) is 10.6 Å². The van der Waals surface area contributed by atoms with Crippen molar-refractivity contribution < 1.29 is 0 Å². The fourth-order valence-corrected chi connectivity index (χ4v) is 1.91. The van der Waals surface area contributed by atoms with Gasteiger partial charge in [0.25, 0.3) is 5.56 Å². The fourth-order valence-electron chi connectivity index (χ4n) is 1.73. The molecule has 1 heterocycles. The summed E-state index contributed by atoms with van der Waals surface area (Å²) >= 11 is 5.89. The first-order valence-corrected chi connectivity index (χ1v) is 5.16. The minimum absolute atomic E-state index is 0.120. The summed E-state index contributed by atoms with van der Waals surface area (Å²) in [5, 5.41) is 10.1. The molecular weight excluding hydrogens is 224 g/mol. The molecule has 1 aromatic carbocycles. The Morgan fingerprint density at radius 3 is 2.88 bits per heavy atom. The minimum atomic E-state index is -0.128. The van der Waals surface area contributed by atoms with Crippen molar-refractivity contribution in [3.63, 3.8) is 0 Å². The number of hydrogen-bond acceptors (Lipinski definition) is 2. The van der Waals surface area contributed by atoms with Crippen molar-refractivity contribution in [1.82, 2.24) is 4.57 Å². The van der Waals surface area contributed by atoms with Gasteiger partial charge >= 0.3 is 0 Å². The molecule has 0 bridgehead atoms. The van der Waals surface area contributed by atoms with Crippen LogP contribution in [0.5, 0.6) is 0 Å². The highest BCUT2D eigenvalue weighted by Crippen LogP contribution is 2.18. The van der Waals surface area contributed by atoms with Crippen LogP contribution in [0.2, 0.25) is 5.02 Å². The van der Waals surface area contributed by atoms with Gasteiger partial charge in [-0.3, -0.25) is 4.79 Å². The van der Waals surface area contributed by atoms with Crippen LogP contribution in [0.4, 0.5) is 0 Å². The van der Waals surface area contributed by atoms with Gasteiger partial charge < -0.3 is 4.57 Å². The number of nitriles is 1. The van der Waals surface area contributed by atoms with Crippen molar-refractivity contribution in [2.45, 2.75) is 6.42 Å². The van der Waals surface area contributed by atoms with Crippen LogP contribution >= 0.6 is 11.6 Å². The van der Waals surface area contributed by atoms with E-state index in [4.69, 9.17) is 16.9 Å². The maximum atomic E-state index is 11.8. The third-order valence-corrected chi connectivity index (χ3v) is 2.76. The number of rotatable bonds is 1. The van der Waals surface area contributed by atoms with Gasteiger partial charge in [-0.2, -0.15) is 5.26 Å². The molecule has 80 valence electrons. The quantitative estimate of drug-likeness (QED) is 0.757. The Bertz CT molecular complexity index is 652. The summed E-state index contributed by atoms with van der Waals surface area (Å²) < 4.78 is 1.54. The molecular formula is C12H9ClN2O. The van der Waals surface area contributed by atoms with E-state index in [-0.39, 0.29) is 12.0 Å². The van der Waals surface area contributed by atoms with Gasteiger partial charge in [0.1, 0.15) is 0 Å². The molecule has 1 aromatic heterocycles. The van der Waals surface area contributed by atoms with Gasteiger partial charge in [-0.05, 0) is 24.3 Å². The average molecular weight is 233 g/mol. The topological polar surface area (TPSA) is 45.8 Å². The number of aryl methyl sites for hydroxylation is 1. The van der Waals surface area contributed by atoms with E-state index in [2.05, 4.69) is 0 Å². The van der Waals surface area contributed by atoms with Gasteiger partial charge in [0, 0.05) is 23.0 Å². The standard InChI is InChI=1S/C12H9ClN2O/c1-15-11-3-2-10(13)7-9(11)6-8(4-5-14)12(15)16/h2-3,6-7H,4H2,1H3. The lowest BCUT2D eigenvalue weighted by Crippen LogP contribution is -2.20. The number of nitrogens with zero attached hydrogens (tertiary/aromatic N) is 2. The second-order valence-corrected chi connectivity index (χ2v) is 4.01. The van der Waals surface area contributed by atoms with Gasteiger partial charge in [0.15, 0.2) is 0 Å². The van der Waals surface area contributed by atoms with E-state index >= 15 is 0 Å². The van der Waals surface area contributed by atoms with E-state index in [1.54, 1.807) is 35.9 Å². The van der Waals surface area contributed by atoms with Gasteiger partial charge in [0.2, 0.25) is 0 Å². The average Bonchev–Trinajstić information content (AvgIpc) is 2.25. The Morgan fingerprint density at radius 2 is 2.19 bits per heavy atom. The van der Waals surface area contributed by atoms with E-state index < -0.39 is 0 Å². The molecule has 0 amide bonds. The molecule has 0 fully saturated rings. The monoisotopic (exact) mass is 232 g/mol. The molecule has 0 saturated heterocycles. The van der Waals surface area contributed by atoms with E-state index in [0.717, 1.165) is 10.9 Å². The number of hydrogen-bond donors (Lipinski definition) is 0. The van der Waals surface area contributed by atoms with Crippen molar-refractivity contribution >= 4 is 22.5 Å². The second-order valence-electron chi connectivity index (χ2n) is 3.57. The number of fused-ring (bicyclic) bond motifs is 1. The van der Waals surface area contributed by atoms with E-state index in [9.17, 15) is 4.79 Å². The third-order valence-electron chi connectivity index (χ3n) is 2.53. The SMILES string of the molecule is Cn1c(=O)c(CC#N)cc2cc(Cl)ccc21. The van der Waals surface area contributed by atoms with Gasteiger partial charge in [0.05, 0.1) is 18.0 Å². The maximum Gasteiger partial charge on any atom is 0.255 e. The molecule has 0 aliphatic heterocycles.